The third-order valence-electron chi connectivity index (χ3n) is 3.58. The summed E-state index contributed by atoms with van der Waals surface area (Å²) in [6.07, 6.45) is 2.12. The number of phenolic OH excluding ortho intramolecular Hbond substituents is 1. The van der Waals surface area contributed by atoms with E-state index in [0.717, 1.165) is 5.56 Å². The van der Waals surface area contributed by atoms with Gasteiger partial charge in [-0.1, -0.05) is 18.2 Å². The quantitative estimate of drug-likeness (QED) is 0.527. The third kappa shape index (κ3) is 5.44. The second-order valence-corrected chi connectivity index (χ2v) is 5.42. The number of hydrogen-bond acceptors (Lipinski definition) is 5. The van der Waals surface area contributed by atoms with Crippen LogP contribution < -0.4 is 9.47 Å². The van der Waals surface area contributed by atoms with Gasteiger partial charge in [0, 0.05) is 6.42 Å². The Labute approximate surface area is 152 Å². The highest BCUT2D eigenvalue weighted by Crippen LogP contribution is 2.29. The first-order valence-corrected chi connectivity index (χ1v) is 8.20. The van der Waals surface area contributed by atoms with Gasteiger partial charge in [0.1, 0.15) is 5.75 Å². The second-order valence-electron chi connectivity index (χ2n) is 5.42. The molecule has 0 unspecified atom stereocenters. The number of carboxylic acid groups (broad SMARTS) is 1. The summed E-state index contributed by atoms with van der Waals surface area (Å²) in [5.74, 6) is 0.0470. The molecule has 0 aromatic heterocycles. The molecule has 2 N–H and O–H groups in total. The molecule has 0 aliphatic carbocycles. The predicted octanol–water partition coefficient (Wildman–Crippen LogP) is 3.48. The van der Waals surface area contributed by atoms with Crippen LogP contribution >= 0.6 is 0 Å². The predicted molar refractivity (Wildman–Crippen MR) is 97.5 cm³/mol. The van der Waals surface area contributed by atoms with Gasteiger partial charge in [0.05, 0.1) is 20.3 Å². The molecule has 6 heteroatoms. The van der Waals surface area contributed by atoms with Crippen molar-refractivity contribution >= 4 is 12.0 Å². The molecule has 0 aliphatic heterocycles. The highest BCUT2D eigenvalue weighted by Gasteiger charge is 2.10. The van der Waals surface area contributed by atoms with Gasteiger partial charge in [-0.25, -0.2) is 4.79 Å². The molecule has 0 spiro atoms. The largest absolute Gasteiger partial charge is 0.508 e. The Hall–Kier alpha value is -3.15. The monoisotopic (exact) mass is 358 g/mol. The van der Waals surface area contributed by atoms with Crippen molar-refractivity contribution < 1.29 is 29.2 Å². The highest BCUT2D eigenvalue weighted by atomic mass is 16.5. The topological polar surface area (TPSA) is 85.2 Å². The molecule has 0 aliphatic rings. The van der Waals surface area contributed by atoms with Crippen LogP contribution in [-0.4, -0.2) is 36.5 Å². The molecule has 0 heterocycles. The molecule has 0 saturated heterocycles. The molecule has 138 valence electrons. The van der Waals surface area contributed by atoms with Gasteiger partial charge >= 0.3 is 5.97 Å². The van der Waals surface area contributed by atoms with E-state index >= 15 is 0 Å². The lowest BCUT2D eigenvalue weighted by Crippen LogP contribution is -2.05. The van der Waals surface area contributed by atoms with Crippen molar-refractivity contribution in [2.24, 2.45) is 0 Å². The summed E-state index contributed by atoms with van der Waals surface area (Å²) < 4.78 is 16.2. The van der Waals surface area contributed by atoms with Crippen LogP contribution in [0.15, 0.2) is 48.2 Å². The Bertz CT molecular complexity index is 764. The van der Waals surface area contributed by atoms with Crippen LogP contribution in [0.5, 0.6) is 17.2 Å². The Morgan fingerprint density at radius 1 is 1.12 bits per heavy atom. The Morgan fingerprint density at radius 3 is 2.46 bits per heavy atom. The van der Waals surface area contributed by atoms with Crippen molar-refractivity contribution in [3.8, 4) is 17.2 Å². The number of ether oxygens (including phenoxy) is 3. The number of benzene rings is 2. The van der Waals surface area contributed by atoms with Gasteiger partial charge in [-0.05, 0) is 48.4 Å². The minimum Gasteiger partial charge on any atom is -0.508 e. The molecule has 2 aromatic rings. The van der Waals surface area contributed by atoms with Crippen molar-refractivity contribution in [3.05, 3.63) is 59.4 Å². The first-order valence-electron chi connectivity index (χ1n) is 8.20. The van der Waals surface area contributed by atoms with E-state index in [2.05, 4.69) is 0 Å². The average molecular weight is 358 g/mol. The molecule has 0 atom stereocenters. The molecule has 0 amide bonds. The fraction of sp³-hybridized carbons (Fsp3) is 0.250. The summed E-state index contributed by atoms with van der Waals surface area (Å²) >= 11 is 0. The van der Waals surface area contributed by atoms with Crippen LogP contribution in [0.3, 0.4) is 0 Å². The number of hydrogen-bond donors (Lipinski definition) is 2. The van der Waals surface area contributed by atoms with Crippen molar-refractivity contribution in [1.82, 2.24) is 0 Å². The van der Waals surface area contributed by atoms with E-state index in [9.17, 15) is 9.90 Å². The maximum atomic E-state index is 11.1. The fourth-order valence-corrected chi connectivity index (χ4v) is 2.31. The fourth-order valence-electron chi connectivity index (χ4n) is 2.31. The second kappa shape index (κ2) is 9.36. The van der Waals surface area contributed by atoms with Crippen molar-refractivity contribution in [3.63, 3.8) is 0 Å². The number of aliphatic carboxylic acids is 1. The van der Waals surface area contributed by atoms with E-state index in [4.69, 9.17) is 19.3 Å². The molecule has 0 saturated carbocycles. The molecule has 0 bridgehead atoms. The van der Waals surface area contributed by atoms with E-state index in [1.54, 1.807) is 37.3 Å². The molecule has 0 fully saturated rings. The van der Waals surface area contributed by atoms with Gasteiger partial charge in [-0.2, -0.15) is 0 Å². The number of carbonyl (C=O) groups is 1. The van der Waals surface area contributed by atoms with Crippen LogP contribution in [0.25, 0.3) is 6.08 Å². The summed E-state index contributed by atoms with van der Waals surface area (Å²) in [7, 11) is 1.52. The van der Waals surface area contributed by atoms with Gasteiger partial charge in [-0.3, -0.25) is 0 Å². The minimum atomic E-state index is -1.12. The lowest BCUT2D eigenvalue weighted by molar-refractivity contribution is -0.136. The average Bonchev–Trinajstić information content (AvgIpc) is 2.63. The molecule has 2 aromatic carbocycles. The van der Waals surface area contributed by atoms with Gasteiger partial charge in [0.15, 0.2) is 11.5 Å². The van der Waals surface area contributed by atoms with Crippen LogP contribution in [0, 0.1) is 0 Å². The van der Waals surface area contributed by atoms with Crippen LogP contribution in [0.4, 0.5) is 0 Å². The highest BCUT2D eigenvalue weighted by molar-refractivity contribution is 5.90. The molecule has 2 rings (SSSR count). The van der Waals surface area contributed by atoms with E-state index in [-0.39, 0.29) is 18.1 Å². The summed E-state index contributed by atoms with van der Waals surface area (Å²) in [6.45, 7) is 2.44. The van der Waals surface area contributed by atoms with Gasteiger partial charge < -0.3 is 24.4 Å². The van der Waals surface area contributed by atoms with Crippen molar-refractivity contribution in [2.75, 3.05) is 20.3 Å². The van der Waals surface area contributed by atoms with Crippen molar-refractivity contribution in [1.29, 1.82) is 0 Å². The number of carboxylic acids is 1. The van der Waals surface area contributed by atoms with Gasteiger partial charge in [0.2, 0.25) is 5.76 Å². The molecular formula is C20H22O6. The van der Waals surface area contributed by atoms with Crippen LogP contribution in [-0.2, 0) is 16.0 Å². The Kier molecular flexibility index (Phi) is 6.91. The summed E-state index contributed by atoms with van der Waals surface area (Å²) in [6, 6.07) is 12.1. The molecular weight excluding hydrogens is 336 g/mol. The van der Waals surface area contributed by atoms with E-state index in [1.807, 2.05) is 12.1 Å². The molecule has 6 nitrogen and oxygen atoms in total. The Morgan fingerprint density at radius 2 is 1.85 bits per heavy atom. The third-order valence-corrected chi connectivity index (χ3v) is 3.58. The number of rotatable bonds is 9. The lowest BCUT2D eigenvalue weighted by atomic mass is 10.1. The maximum Gasteiger partial charge on any atom is 0.371 e. The zero-order chi connectivity index (χ0) is 18.9. The lowest BCUT2D eigenvalue weighted by Gasteiger charge is -2.12. The van der Waals surface area contributed by atoms with E-state index < -0.39 is 5.97 Å². The number of phenols is 1. The molecule has 26 heavy (non-hydrogen) atoms. The minimum absolute atomic E-state index is 0.129. The van der Waals surface area contributed by atoms with Gasteiger partial charge in [-0.15, -0.1) is 0 Å². The SMILES string of the molecule is CCO/C(=C\c1ccc(OCCc2ccc(O)cc2)c(OC)c1)C(=O)O. The van der Waals surface area contributed by atoms with Gasteiger partial charge in [0.25, 0.3) is 0 Å². The smallest absolute Gasteiger partial charge is 0.371 e. The summed E-state index contributed by atoms with van der Waals surface area (Å²) in [5, 5.41) is 18.4. The van der Waals surface area contributed by atoms with E-state index in [1.165, 1.54) is 13.2 Å². The van der Waals surface area contributed by atoms with Crippen LogP contribution in [0.2, 0.25) is 0 Å². The normalized spacial score (nSPS) is 11.1. The Balaban J connectivity index is 2.06. The first kappa shape index (κ1) is 19.2. The zero-order valence-electron chi connectivity index (χ0n) is 14.8. The van der Waals surface area contributed by atoms with E-state index in [0.29, 0.717) is 30.1 Å². The van der Waals surface area contributed by atoms with Crippen molar-refractivity contribution in [2.45, 2.75) is 13.3 Å². The molecule has 0 radical (unpaired) electrons. The summed E-state index contributed by atoms with van der Waals surface area (Å²) in [5.41, 5.74) is 1.68. The van der Waals surface area contributed by atoms with Crippen LogP contribution in [0.1, 0.15) is 18.1 Å². The number of aromatic hydroxyl groups is 1. The zero-order valence-corrected chi connectivity index (χ0v) is 14.8. The number of methoxy groups -OCH3 is 1. The standard InChI is InChI=1S/C20H22O6/c1-3-25-19(20(22)23)13-15-6-9-17(18(12-15)24-2)26-11-10-14-4-7-16(21)8-5-14/h4-9,12-13,21H,3,10-11H2,1-2H3,(H,22,23)/b19-13-. The summed E-state index contributed by atoms with van der Waals surface area (Å²) in [4.78, 5) is 11.1. The first-order chi connectivity index (χ1) is 12.5. The maximum absolute atomic E-state index is 11.1.